The van der Waals surface area contributed by atoms with Crippen molar-refractivity contribution in [2.75, 3.05) is 5.32 Å². The molecule has 1 atom stereocenters. The fraction of sp³-hybridized carbons (Fsp3) is 0.211. The molecule has 0 aromatic carbocycles. The molecule has 0 amide bonds. The molecule has 2 aliphatic rings. The zero-order chi connectivity index (χ0) is 17.9. The lowest BCUT2D eigenvalue weighted by Crippen LogP contribution is -2.22. The van der Waals surface area contributed by atoms with Crippen molar-refractivity contribution in [3.8, 4) is 0 Å². The molecule has 0 fully saturated rings. The molecule has 7 heteroatoms. The lowest BCUT2D eigenvalue weighted by molar-refractivity contribution is 0.787. The number of fused-ring (bicyclic) bond motifs is 1. The molecule has 0 bridgehead atoms. The van der Waals surface area contributed by atoms with Crippen molar-refractivity contribution in [3.63, 3.8) is 0 Å². The summed E-state index contributed by atoms with van der Waals surface area (Å²) >= 11 is 12.3. The predicted molar refractivity (Wildman–Crippen MR) is 105 cm³/mol. The van der Waals surface area contributed by atoms with E-state index in [1.807, 2.05) is 18.5 Å². The number of hydrogen-bond acceptors (Lipinski definition) is 5. The summed E-state index contributed by atoms with van der Waals surface area (Å²) in [4.78, 5) is 12.8. The van der Waals surface area contributed by atoms with E-state index in [1.165, 1.54) is 11.1 Å². The molecule has 26 heavy (non-hydrogen) atoms. The maximum absolute atomic E-state index is 6.14. The molecule has 0 saturated heterocycles. The summed E-state index contributed by atoms with van der Waals surface area (Å²) in [5.74, 6) is 2.19. The van der Waals surface area contributed by atoms with Crippen molar-refractivity contribution >= 4 is 34.9 Å². The Hall–Kier alpha value is -2.37. The molecule has 0 spiro atoms. The summed E-state index contributed by atoms with van der Waals surface area (Å²) in [5, 5.41) is 7.59. The number of aromatic nitrogens is 2. The van der Waals surface area contributed by atoms with Crippen LogP contribution in [0.2, 0.25) is 10.0 Å². The van der Waals surface area contributed by atoms with Crippen LogP contribution < -0.4 is 10.6 Å². The smallest absolute Gasteiger partial charge is 0.126 e. The van der Waals surface area contributed by atoms with Crippen LogP contribution in [0.3, 0.4) is 0 Å². The van der Waals surface area contributed by atoms with Crippen LogP contribution in [-0.2, 0) is 13.0 Å². The average molecular weight is 386 g/mol. The van der Waals surface area contributed by atoms with E-state index in [9.17, 15) is 0 Å². The molecule has 0 aliphatic carbocycles. The zero-order valence-electron chi connectivity index (χ0n) is 13.9. The van der Waals surface area contributed by atoms with Gasteiger partial charge >= 0.3 is 0 Å². The number of allylic oxidation sites excluding steroid dienone is 1. The van der Waals surface area contributed by atoms with Crippen molar-refractivity contribution in [2.45, 2.75) is 19.4 Å². The quantitative estimate of drug-likeness (QED) is 0.802. The Morgan fingerprint density at radius 1 is 1.15 bits per heavy atom. The third-order valence-corrected chi connectivity index (χ3v) is 5.16. The van der Waals surface area contributed by atoms with E-state index in [2.05, 4.69) is 43.9 Å². The predicted octanol–water partition coefficient (Wildman–Crippen LogP) is 4.36. The van der Waals surface area contributed by atoms with Gasteiger partial charge in [-0.1, -0.05) is 35.3 Å². The molecule has 1 unspecified atom stereocenters. The lowest BCUT2D eigenvalue weighted by Gasteiger charge is -2.15. The summed E-state index contributed by atoms with van der Waals surface area (Å²) < 4.78 is 0. The largest absolute Gasteiger partial charge is 0.366 e. The number of pyridine rings is 2. The van der Waals surface area contributed by atoms with Gasteiger partial charge < -0.3 is 10.6 Å². The van der Waals surface area contributed by atoms with Crippen LogP contribution in [0, 0.1) is 5.92 Å². The third-order valence-electron chi connectivity index (χ3n) is 4.51. The van der Waals surface area contributed by atoms with Gasteiger partial charge in [0, 0.05) is 49.0 Å². The molecule has 5 nitrogen and oxygen atoms in total. The molecule has 132 valence electrons. The maximum Gasteiger partial charge on any atom is 0.126 e. The Kier molecular flexibility index (Phi) is 4.91. The second-order valence-corrected chi connectivity index (χ2v) is 7.03. The third kappa shape index (κ3) is 3.59. The van der Waals surface area contributed by atoms with Crippen LogP contribution in [0.25, 0.3) is 0 Å². The summed E-state index contributed by atoms with van der Waals surface area (Å²) in [6, 6.07) is 4.05. The maximum atomic E-state index is 6.14. The Bertz CT molecular complexity index is 882. The van der Waals surface area contributed by atoms with Gasteiger partial charge in [0.15, 0.2) is 0 Å². The van der Waals surface area contributed by atoms with E-state index in [-0.39, 0.29) is 0 Å². The number of halogens is 2. The highest BCUT2D eigenvalue weighted by atomic mass is 35.5. The van der Waals surface area contributed by atoms with E-state index in [0.717, 1.165) is 30.1 Å². The minimum Gasteiger partial charge on any atom is -0.366 e. The van der Waals surface area contributed by atoms with Crippen LogP contribution >= 0.6 is 23.2 Å². The van der Waals surface area contributed by atoms with Crippen molar-refractivity contribution in [1.29, 1.82) is 0 Å². The van der Waals surface area contributed by atoms with Gasteiger partial charge in [0.05, 0.1) is 10.0 Å². The van der Waals surface area contributed by atoms with Gasteiger partial charge in [0.1, 0.15) is 11.7 Å². The topological polar surface area (TPSA) is 62.2 Å². The highest BCUT2D eigenvalue weighted by molar-refractivity contribution is 6.35. The molecule has 4 heterocycles. The number of nitrogens with zero attached hydrogens (tertiary/aromatic N) is 3. The van der Waals surface area contributed by atoms with E-state index in [0.29, 0.717) is 22.5 Å². The molecule has 0 radical (unpaired) electrons. The first-order valence-electron chi connectivity index (χ1n) is 8.35. The number of hydrogen-bond donors (Lipinski definition) is 2. The lowest BCUT2D eigenvalue weighted by atomic mass is 9.92. The van der Waals surface area contributed by atoms with E-state index in [1.54, 1.807) is 12.4 Å². The monoisotopic (exact) mass is 385 g/mol. The summed E-state index contributed by atoms with van der Waals surface area (Å²) in [7, 11) is 0. The number of nitrogens with one attached hydrogen (secondary N) is 2. The van der Waals surface area contributed by atoms with Gasteiger partial charge in [-0.2, -0.15) is 0 Å². The molecular formula is C19H17Cl2N5. The van der Waals surface area contributed by atoms with Crippen LogP contribution in [0.1, 0.15) is 17.5 Å². The summed E-state index contributed by atoms with van der Waals surface area (Å²) in [6.45, 7) is 0.496. The zero-order valence-corrected chi connectivity index (χ0v) is 15.4. The highest BCUT2D eigenvalue weighted by Gasteiger charge is 2.26. The van der Waals surface area contributed by atoms with Crippen molar-refractivity contribution < 1.29 is 0 Å². The van der Waals surface area contributed by atoms with Gasteiger partial charge in [-0.25, -0.2) is 9.98 Å². The number of anilines is 1. The summed E-state index contributed by atoms with van der Waals surface area (Å²) in [5.41, 5.74) is 3.32. The van der Waals surface area contributed by atoms with Crippen molar-refractivity contribution in [1.82, 2.24) is 15.3 Å². The van der Waals surface area contributed by atoms with Gasteiger partial charge in [-0.15, -0.1) is 0 Å². The van der Waals surface area contributed by atoms with Crippen LogP contribution in [0.15, 0.2) is 59.8 Å². The Morgan fingerprint density at radius 2 is 2.00 bits per heavy atom. The Balaban J connectivity index is 1.38. The average Bonchev–Trinajstić information content (AvgIpc) is 3.06. The Labute approximate surface area is 161 Å². The molecule has 4 rings (SSSR count). The number of aliphatic imine (C=N–C) groups is 1. The first-order valence-corrected chi connectivity index (χ1v) is 9.11. The molecular weight excluding hydrogens is 369 g/mol. The van der Waals surface area contributed by atoms with Crippen molar-refractivity contribution in [3.05, 3.63) is 75.9 Å². The fourth-order valence-corrected chi connectivity index (χ4v) is 3.59. The second-order valence-electron chi connectivity index (χ2n) is 6.21. The molecule has 0 saturated carbocycles. The minimum atomic E-state index is 0.369. The van der Waals surface area contributed by atoms with E-state index in [4.69, 9.17) is 23.2 Å². The molecule has 2 aliphatic heterocycles. The van der Waals surface area contributed by atoms with Crippen molar-refractivity contribution in [2.24, 2.45) is 10.9 Å². The van der Waals surface area contributed by atoms with Gasteiger partial charge in [0.25, 0.3) is 0 Å². The highest BCUT2D eigenvalue weighted by Crippen LogP contribution is 2.28. The molecule has 2 aromatic rings. The number of amidine groups is 1. The minimum absolute atomic E-state index is 0.369. The number of rotatable bonds is 5. The van der Waals surface area contributed by atoms with Crippen LogP contribution in [0.5, 0.6) is 0 Å². The first kappa shape index (κ1) is 17.1. The van der Waals surface area contributed by atoms with E-state index >= 15 is 0 Å². The fourth-order valence-electron chi connectivity index (χ4n) is 3.09. The first-order chi connectivity index (χ1) is 12.7. The van der Waals surface area contributed by atoms with Gasteiger partial charge in [-0.05, 0) is 30.0 Å². The SMILES string of the molecule is Clc1cncc(Cl)c1CNc1ccc(CC2=CNC3=NC=CCC23)cn1. The van der Waals surface area contributed by atoms with Gasteiger partial charge in [0.2, 0.25) is 0 Å². The standard InChI is InChI=1S/C19H17Cl2N5/c20-16-10-22-11-17(21)15(16)9-25-18-4-3-12(7-24-18)6-13-8-26-19-14(13)2-1-5-23-19/h1,3-5,7-8,10-11,14H,2,6,9H2,(H,23,26)(H,24,25). The molecule has 2 aromatic heterocycles. The van der Waals surface area contributed by atoms with Crippen LogP contribution in [0.4, 0.5) is 5.82 Å². The van der Waals surface area contributed by atoms with Crippen LogP contribution in [-0.4, -0.2) is 15.8 Å². The molecule has 2 N–H and O–H groups in total. The summed E-state index contributed by atoms with van der Waals surface area (Å²) in [6.07, 6.45) is 13.0. The normalized spacial score (nSPS) is 18.0. The Morgan fingerprint density at radius 3 is 2.77 bits per heavy atom. The van der Waals surface area contributed by atoms with E-state index < -0.39 is 0 Å². The van der Waals surface area contributed by atoms with Gasteiger partial charge in [-0.3, -0.25) is 4.98 Å². The second kappa shape index (κ2) is 7.48.